The van der Waals surface area contributed by atoms with Crippen molar-refractivity contribution in [1.82, 2.24) is 0 Å². The topological polar surface area (TPSA) is 3.24 Å². The first kappa shape index (κ1) is 33.3. The van der Waals surface area contributed by atoms with Crippen molar-refractivity contribution in [2.24, 2.45) is 0 Å². The molecule has 0 atom stereocenters. The predicted molar refractivity (Wildman–Crippen MR) is 219 cm³/mol. The molecule has 0 aliphatic heterocycles. The van der Waals surface area contributed by atoms with Crippen LogP contribution in [0.3, 0.4) is 0 Å². The Kier molecular flexibility index (Phi) is 7.38. The zero-order valence-corrected chi connectivity index (χ0v) is 32.1. The van der Waals surface area contributed by atoms with Crippen molar-refractivity contribution in [3.63, 3.8) is 0 Å². The first-order valence-electron chi connectivity index (χ1n) is 18.6. The number of fused-ring (bicyclic) bond motifs is 6. The molecule has 0 radical (unpaired) electrons. The zero-order chi connectivity index (χ0) is 36.1. The maximum absolute atomic E-state index is 2.51. The van der Waals surface area contributed by atoms with Gasteiger partial charge in [0.25, 0.3) is 0 Å². The summed E-state index contributed by atoms with van der Waals surface area (Å²) in [5.74, 6) is 0. The van der Waals surface area contributed by atoms with E-state index in [2.05, 4.69) is 202 Å². The van der Waals surface area contributed by atoms with Crippen LogP contribution in [0, 0.1) is 0 Å². The Hall–Kier alpha value is -4.88. The van der Waals surface area contributed by atoms with Crippen LogP contribution in [0.2, 0.25) is 0 Å². The minimum Gasteiger partial charge on any atom is -0.310 e. The van der Waals surface area contributed by atoms with E-state index in [1.165, 1.54) is 78.1 Å². The van der Waals surface area contributed by atoms with Crippen LogP contribution in [0.25, 0.3) is 33.4 Å². The van der Waals surface area contributed by atoms with Gasteiger partial charge in [0.05, 0.1) is 5.69 Å². The molecule has 0 saturated carbocycles. The Morgan fingerprint density at radius 3 is 1.75 bits per heavy atom. The largest absolute Gasteiger partial charge is 0.310 e. The molecule has 1 heteroatoms. The second kappa shape index (κ2) is 11.3. The van der Waals surface area contributed by atoms with Crippen molar-refractivity contribution >= 4 is 17.1 Å². The van der Waals surface area contributed by atoms with E-state index in [9.17, 15) is 0 Å². The van der Waals surface area contributed by atoms with Crippen molar-refractivity contribution in [3.8, 4) is 33.4 Å². The van der Waals surface area contributed by atoms with Gasteiger partial charge in [0, 0.05) is 27.8 Å². The molecule has 0 fully saturated rings. The Balaban J connectivity index is 1.39. The Morgan fingerprint density at radius 1 is 0.451 bits per heavy atom. The number of hydrogen-bond donors (Lipinski definition) is 0. The first-order valence-corrected chi connectivity index (χ1v) is 18.6. The van der Waals surface area contributed by atoms with Gasteiger partial charge in [-0.15, -0.1) is 0 Å². The highest BCUT2D eigenvalue weighted by Crippen LogP contribution is 2.57. The van der Waals surface area contributed by atoms with Gasteiger partial charge in [0.2, 0.25) is 0 Å². The second-order valence-corrected chi connectivity index (χ2v) is 17.9. The summed E-state index contributed by atoms with van der Waals surface area (Å²) in [6.07, 6.45) is 0. The number of hydrogen-bond acceptors (Lipinski definition) is 1. The molecule has 0 saturated heterocycles. The highest BCUT2D eigenvalue weighted by Gasteiger charge is 2.42. The van der Waals surface area contributed by atoms with Gasteiger partial charge < -0.3 is 4.90 Å². The molecular formula is C50H51N. The first-order chi connectivity index (χ1) is 24.1. The van der Waals surface area contributed by atoms with Crippen LogP contribution in [0.1, 0.15) is 103 Å². The van der Waals surface area contributed by atoms with E-state index in [1.54, 1.807) is 0 Å². The van der Waals surface area contributed by atoms with Gasteiger partial charge in [-0.25, -0.2) is 0 Å². The van der Waals surface area contributed by atoms with Gasteiger partial charge in [-0.1, -0.05) is 166 Å². The quantitative estimate of drug-likeness (QED) is 0.181. The molecule has 0 aromatic heterocycles. The maximum atomic E-state index is 2.51. The fraction of sp³-hybridized carbons (Fsp3) is 0.280. The van der Waals surface area contributed by atoms with Crippen LogP contribution in [-0.2, 0) is 21.7 Å². The molecule has 2 aliphatic rings. The number of rotatable bonds is 4. The highest BCUT2D eigenvalue weighted by atomic mass is 15.1. The highest BCUT2D eigenvalue weighted by molar-refractivity contribution is 5.96. The van der Waals surface area contributed by atoms with Gasteiger partial charge in [0.15, 0.2) is 0 Å². The van der Waals surface area contributed by atoms with Crippen LogP contribution in [-0.4, -0.2) is 0 Å². The van der Waals surface area contributed by atoms with Crippen molar-refractivity contribution in [2.75, 3.05) is 4.90 Å². The summed E-state index contributed by atoms with van der Waals surface area (Å²) < 4.78 is 0. The lowest BCUT2D eigenvalue weighted by atomic mass is 9.71. The molecule has 0 heterocycles. The third-order valence-electron chi connectivity index (χ3n) is 11.7. The lowest BCUT2D eigenvalue weighted by Gasteiger charge is -2.32. The molecular weight excluding hydrogens is 615 g/mol. The molecule has 256 valence electrons. The minimum atomic E-state index is -0.110. The monoisotopic (exact) mass is 665 g/mol. The summed E-state index contributed by atoms with van der Waals surface area (Å²) in [5, 5.41) is 0. The molecule has 0 spiro atoms. The molecule has 0 amide bonds. The standard InChI is InChI=1S/C50H51N/c1-47(2,3)34-29-39-38-31-36(27-28-41(38)50(9,10)46(39)43(30-34)48(4,5)6)51(35-25-23-33(24-26-35)32-17-12-11-13-18-32)44-22-16-21-42-45(44)37-19-14-15-20-40(37)49(42,7)8/h11-31H,1-10H3. The van der Waals surface area contributed by atoms with Gasteiger partial charge in [-0.2, -0.15) is 0 Å². The van der Waals surface area contributed by atoms with Gasteiger partial charge in [0.1, 0.15) is 0 Å². The maximum Gasteiger partial charge on any atom is 0.0543 e. The smallest absolute Gasteiger partial charge is 0.0543 e. The predicted octanol–water partition coefficient (Wildman–Crippen LogP) is 14.0. The third-order valence-corrected chi connectivity index (χ3v) is 11.7. The Labute approximate surface area is 306 Å². The molecule has 0 N–H and O–H groups in total. The minimum absolute atomic E-state index is 0.0187. The summed E-state index contributed by atoms with van der Waals surface area (Å²) in [4.78, 5) is 2.51. The third kappa shape index (κ3) is 5.19. The summed E-state index contributed by atoms with van der Waals surface area (Å²) in [7, 11) is 0. The van der Waals surface area contributed by atoms with E-state index in [4.69, 9.17) is 0 Å². The molecule has 2 aliphatic carbocycles. The molecule has 0 unspecified atom stereocenters. The molecule has 51 heavy (non-hydrogen) atoms. The van der Waals surface area contributed by atoms with E-state index >= 15 is 0 Å². The van der Waals surface area contributed by atoms with E-state index in [1.807, 2.05) is 0 Å². The fourth-order valence-corrected chi connectivity index (χ4v) is 8.91. The van der Waals surface area contributed by atoms with Crippen LogP contribution in [0.5, 0.6) is 0 Å². The lowest BCUT2D eigenvalue weighted by molar-refractivity contribution is 0.545. The van der Waals surface area contributed by atoms with Gasteiger partial charge >= 0.3 is 0 Å². The van der Waals surface area contributed by atoms with Crippen LogP contribution in [0.4, 0.5) is 17.1 Å². The van der Waals surface area contributed by atoms with Crippen LogP contribution < -0.4 is 4.90 Å². The van der Waals surface area contributed by atoms with E-state index in [0.717, 1.165) is 5.69 Å². The molecule has 6 aromatic carbocycles. The number of nitrogens with zero attached hydrogens (tertiary/aromatic N) is 1. The Morgan fingerprint density at radius 2 is 1.06 bits per heavy atom. The van der Waals surface area contributed by atoms with Crippen LogP contribution >= 0.6 is 0 Å². The van der Waals surface area contributed by atoms with Crippen LogP contribution in [0.15, 0.2) is 127 Å². The van der Waals surface area contributed by atoms with E-state index in [0.29, 0.717) is 0 Å². The van der Waals surface area contributed by atoms with Crippen molar-refractivity contribution in [3.05, 3.63) is 161 Å². The molecule has 0 bridgehead atoms. The summed E-state index contributed by atoms with van der Waals surface area (Å²) in [6, 6.07) is 48.0. The SMILES string of the molecule is CC(C)(C)c1cc2c(c(C(C)(C)C)c1)C(C)(C)c1ccc(N(c3ccc(-c4ccccc4)cc3)c3cccc4c3-c3ccccc3C4(C)C)cc1-2. The van der Waals surface area contributed by atoms with Gasteiger partial charge in [-0.3, -0.25) is 0 Å². The fourth-order valence-electron chi connectivity index (χ4n) is 8.91. The summed E-state index contributed by atoms with van der Waals surface area (Å²) in [6.45, 7) is 23.7. The van der Waals surface area contributed by atoms with Gasteiger partial charge in [-0.05, 0) is 102 Å². The van der Waals surface area contributed by atoms with E-state index < -0.39 is 0 Å². The molecule has 8 rings (SSSR count). The Bertz CT molecular complexity index is 2300. The molecule has 1 nitrogen and oxygen atoms in total. The van der Waals surface area contributed by atoms with E-state index in [-0.39, 0.29) is 21.7 Å². The summed E-state index contributed by atoms with van der Waals surface area (Å²) >= 11 is 0. The van der Waals surface area contributed by atoms with Crippen molar-refractivity contribution in [2.45, 2.75) is 90.9 Å². The van der Waals surface area contributed by atoms with Crippen molar-refractivity contribution in [1.29, 1.82) is 0 Å². The second-order valence-electron chi connectivity index (χ2n) is 17.9. The summed E-state index contributed by atoms with van der Waals surface area (Å²) in [5.41, 5.74) is 19.8. The number of benzene rings is 6. The normalized spacial score (nSPS) is 15.2. The number of anilines is 3. The lowest BCUT2D eigenvalue weighted by Crippen LogP contribution is -2.24. The average molecular weight is 666 g/mol. The van der Waals surface area contributed by atoms with Crippen molar-refractivity contribution < 1.29 is 0 Å². The molecule has 6 aromatic rings. The average Bonchev–Trinajstić information content (AvgIpc) is 3.48. The zero-order valence-electron chi connectivity index (χ0n) is 32.1.